The third-order valence-electron chi connectivity index (χ3n) is 11.6. The number of aliphatic hydroxyl groups is 2. The summed E-state index contributed by atoms with van der Waals surface area (Å²) < 4.78 is 19.9. The Morgan fingerprint density at radius 1 is 1.17 bits per heavy atom. The lowest BCUT2D eigenvalue weighted by Gasteiger charge is -2.45. The maximum absolute atomic E-state index is 14.0. The topological polar surface area (TPSA) is 223 Å². The number of nitrogens with two attached hydrogens (primary N) is 2. The third kappa shape index (κ3) is 8.66. The second kappa shape index (κ2) is 18.0. The predicted molar refractivity (Wildman–Crippen MR) is 222 cm³/mol. The van der Waals surface area contributed by atoms with Crippen molar-refractivity contribution in [3.63, 3.8) is 0 Å². The van der Waals surface area contributed by atoms with Gasteiger partial charge in [0.1, 0.15) is 52.3 Å². The van der Waals surface area contributed by atoms with Crippen LogP contribution in [0.25, 0.3) is 11.0 Å². The number of rotatable bonds is 15. The van der Waals surface area contributed by atoms with Crippen molar-refractivity contribution in [3.8, 4) is 17.2 Å². The minimum absolute atomic E-state index is 0.0173. The Balaban J connectivity index is 1.66. The number of carbonyl (C=O) groups is 1. The first-order valence-corrected chi connectivity index (χ1v) is 20.0. The van der Waals surface area contributed by atoms with Crippen LogP contribution in [-0.2, 0) is 22.6 Å². The Morgan fingerprint density at radius 3 is 2.62 bits per heavy atom. The number of phenolic OH excluding ortho intramolecular Hbond substituents is 2. The van der Waals surface area contributed by atoms with Gasteiger partial charge in [0, 0.05) is 53.8 Å². The molecule has 0 spiro atoms. The van der Waals surface area contributed by atoms with Gasteiger partial charge >= 0.3 is 5.97 Å². The molecule has 6 unspecified atom stereocenters. The number of phenols is 2. The van der Waals surface area contributed by atoms with Crippen LogP contribution < -0.4 is 32.3 Å². The molecule has 0 saturated carbocycles. The second-order valence-corrected chi connectivity index (χ2v) is 15.6. The number of esters is 1. The van der Waals surface area contributed by atoms with Crippen LogP contribution in [0, 0.1) is 5.92 Å². The molecule has 0 radical (unpaired) electrons. The van der Waals surface area contributed by atoms with E-state index in [0.717, 1.165) is 37.3 Å². The summed E-state index contributed by atoms with van der Waals surface area (Å²) in [7, 11) is 0. The first-order valence-electron chi connectivity index (χ1n) is 20.0. The summed E-state index contributed by atoms with van der Waals surface area (Å²) in [4.78, 5) is 27.6. The van der Waals surface area contributed by atoms with Crippen molar-refractivity contribution >= 4 is 16.9 Å². The van der Waals surface area contributed by atoms with Crippen molar-refractivity contribution in [1.29, 1.82) is 0 Å². The molecule has 6 atom stereocenters. The molecule has 0 saturated heterocycles. The van der Waals surface area contributed by atoms with Crippen molar-refractivity contribution in [2.75, 3.05) is 13.2 Å². The van der Waals surface area contributed by atoms with E-state index in [4.69, 9.17) is 25.4 Å². The monoisotopic (exact) mass is 796 g/mol. The van der Waals surface area contributed by atoms with Gasteiger partial charge in [-0.05, 0) is 80.5 Å². The molecule has 0 aliphatic carbocycles. The molecule has 58 heavy (non-hydrogen) atoms. The van der Waals surface area contributed by atoms with Gasteiger partial charge in [0.05, 0.1) is 18.6 Å². The Bertz CT molecular complexity index is 2240. The molecule has 0 fully saturated rings. The molecular formula is C45H56N4O9. The highest BCUT2D eigenvalue weighted by Gasteiger charge is 2.49. The number of hydrogen-bond donors (Lipinski definition) is 8. The summed E-state index contributed by atoms with van der Waals surface area (Å²) in [6.07, 6.45) is 13.9. The number of allylic oxidation sites excluding steroid dienone is 5. The van der Waals surface area contributed by atoms with Crippen LogP contribution in [0.15, 0.2) is 98.7 Å². The maximum atomic E-state index is 14.0. The highest BCUT2D eigenvalue weighted by Crippen LogP contribution is 2.54. The van der Waals surface area contributed by atoms with Gasteiger partial charge in [0.15, 0.2) is 5.43 Å². The molecule has 4 heterocycles. The number of fused-ring (bicyclic) bond motifs is 2. The summed E-state index contributed by atoms with van der Waals surface area (Å²) in [5.41, 5.74) is 13.8. The summed E-state index contributed by atoms with van der Waals surface area (Å²) in [6.45, 7) is 6.75. The molecule has 310 valence electrons. The van der Waals surface area contributed by atoms with Crippen molar-refractivity contribution in [1.82, 2.24) is 10.6 Å². The lowest BCUT2D eigenvalue weighted by molar-refractivity contribution is -0.159. The molecule has 13 heteroatoms. The molecule has 0 amide bonds. The van der Waals surface area contributed by atoms with Gasteiger partial charge in [-0.1, -0.05) is 56.5 Å². The third-order valence-corrected chi connectivity index (χ3v) is 11.6. The smallest absolute Gasteiger partial charge is 0.333 e. The van der Waals surface area contributed by atoms with Crippen molar-refractivity contribution in [2.24, 2.45) is 17.4 Å². The van der Waals surface area contributed by atoms with Crippen molar-refractivity contribution in [2.45, 2.75) is 103 Å². The fourth-order valence-electron chi connectivity index (χ4n) is 8.36. The zero-order chi connectivity index (χ0) is 41.7. The molecular weight excluding hydrogens is 741 g/mol. The number of ether oxygens (including phenoxy) is 2. The van der Waals surface area contributed by atoms with Crippen molar-refractivity contribution < 1.29 is 39.1 Å². The number of carbonyl (C=O) groups excluding carboxylic acids is 1. The highest BCUT2D eigenvalue weighted by atomic mass is 16.6. The normalized spacial score (nSPS) is 22.0. The SMILES string of the molecule is CC=C(C)C(=O)OC1Cc2c(c(C(C3=CCNC(N)=C3)C(CO)c3cccc(O)c3)c3oc(CO)cc(=O)c3c2O)OC1(C)CC(CCCCC)C1=CNC(N)C=C1. The van der Waals surface area contributed by atoms with Crippen LogP contribution in [0.2, 0.25) is 0 Å². The summed E-state index contributed by atoms with van der Waals surface area (Å²) >= 11 is 0. The molecule has 10 N–H and O–H groups in total. The van der Waals surface area contributed by atoms with Crippen LogP contribution in [0.5, 0.6) is 17.2 Å². The number of benzene rings is 2. The number of unbranched alkanes of at least 4 members (excludes halogenated alkanes) is 2. The molecule has 1 aromatic heterocycles. The largest absolute Gasteiger partial charge is 0.508 e. The minimum Gasteiger partial charge on any atom is -0.508 e. The van der Waals surface area contributed by atoms with E-state index in [9.17, 15) is 30.0 Å². The van der Waals surface area contributed by atoms with E-state index in [2.05, 4.69) is 17.6 Å². The van der Waals surface area contributed by atoms with Gasteiger partial charge in [-0.2, -0.15) is 0 Å². The Kier molecular flexibility index (Phi) is 13.0. The summed E-state index contributed by atoms with van der Waals surface area (Å²) in [5.74, 6) is -2.19. The standard InChI is InChI=1S/C45H56N4O9/c1-5-7-8-10-28(29-13-14-36(46)49-22-29)21-45(4)35(57-44(55)25(3)6-2)20-32-41(54)39-34(53)19-31(23-50)56-43(39)40(42(32)58-45)38(27-15-16-48-37(47)18-27)33(24-51)26-11-9-12-30(52)17-26/h6,9,11-15,17-19,22,28,33,35-36,38,48-52,54H,5,7-8,10,16,20-21,23-24,46-47H2,1-4H3. The van der Waals surface area contributed by atoms with Gasteiger partial charge in [-0.3, -0.25) is 4.79 Å². The van der Waals surface area contributed by atoms with Gasteiger partial charge < -0.3 is 56.4 Å². The van der Waals surface area contributed by atoms with Gasteiger partial charge in [0.25, 0.3) is 0 Å². The molecule has 13 nitrogen and oxygen atoms in total. The number of aliphatic hydroxyl groups excluding tert-OH is 2. The number of dihydropyridines is 2. The predicted octanol–water partition coefficient (Wildman–Crippen LogP) is 5.37. The van der Waals surface area contributed by atoms with Crippen LogP contribution in [-0.4, -0.2) is 57.4 Å². The van der Waals surface area contributed by atoms with E-state index in [1.807, 2.05) is 31.4 Å². The minimum atomic E-state index is -1.24. The zero-order valence-electron chi connectivity index (χ0n) is 33.6. The second-order valence-electron chi connectivity index (χ2n) is 15.6. The van der Waals surface area contributed by atoms with E-state index in [1.165, 1.54) is 6.07 Å². The van der Waals surface area contributed by atoms with Crippen LogP contribution >= 0.6 is 0 Å². The fraction of sp³-hybridized carbons (Fsp3) is 0.422. The van der Waals surface area contributed by atoms with Gasteiger partial charge in [0.2, 0.25) is 0 Å². The number of hydrogen-bond acceptors (Lipinski definition) is 13. The average Bonchev–Trinajstić information content (AvgIpc) is 3.20. The quantitative estimate of drug-likeness (QED) is 0.0551. The molecule has 3 aliphatic rings. The Labute approximate surface area is 338 Å². The maximum Gasteiger partial charge on any atom is 0.333 e. The van der Waals surface area contributed by atoms with Gasteiger partial charge in [-0.25, -0.2) is 4.79 Å². The van der Waals surface area contributed by atoms with Crippen molar-refractivity contribution in [3.05, 3.63) is 122 Å². The molecule has 3 aromatic rings. The Morgan fingerprint density at radius 2 is 1.97 bits per heavy atom. The fourth-order valence-corrected chi connectivity index (χ4v) is 8.36. The molecule has 3 aliphatic heterocycles. The number of aromatic hydroxyl groups is 2. The van der Waals surface area contributed by atoms with E-state index < -0.39 is 53.9 Å². The first-order chi connectivity index (χ1) is 27.8. The van der Waals surface area contributed by atoms with Gasteiger partial charge in [-0.15, -0.1) is 0 Å². The van der Waals surface area contributed by atoms with E-state index >= 15 is 0 Å². The lowest BCUT2D eigenvalue weighted by Crippen LogP contribution is -2.53. The van der Waals surface area contributed by atoms with Crippen LogP contribution in [0.4, 0.5) is 0 Å². The van der Waals surface area contributed by atoms with E-state index in [0.29, 0.717) is 41.1 Å². The Hall–Kier alpha value is -5.50. The number of nitrogens with one attached hydrogen (secondary N) is 2. The lowest BCUT2D eigenvalue weighted by atomic mass is 9.73. The van der Waals surface area contributed by atoms with Crippen LogP contribution in [0.1, 0.15) is 94.1 Å². The molecule has 6 rings (SSSR count). The van der Waals surface area contributed by atoms with E-state index in [-0.39, 0.29) is 52.3 Å². The zero-order valence-corrected chi connectivity index (χ0v) is 33.6. The highest BCUT2D eigenvalue weighted by molar-refractivity contribution is 5.92. The molecule has 2 aromatic carbocycles. The first kappa shape index (κ1) is 42.1. The molecule has 0 bridgehead atoms. The van der Waals surface area contributed by atoms with Crippen LogP contribution in [0.3, 0.4) is 0 Å². The van der Waals surface area contributed by atoms with E-state index in [1.54, 1.807) is 44.2 Å². The summed E-state index contributed by atoms with van der Waals surface area (Å²) in [6, 6.07) is 7.67. The average molecular weight is 797 g/mol. The summed E-state index contributed by atoms with van der Waals surface area (Å²) in [5, 5.41) is 50.5.